The first-order valence-electron chi connectivity index (χ1n) is 15.0. The number of carbonyl (C=O) groups excluding carboxylic acids is 2. The van der Waals surface area contributed by atoms with Crippen LogP contribution in [0, 0.1) is 5.41 Å². The maximum atomic E-state index is 14.0. The maximum Gasteiger partial charge on any atom is 0.245 e. The van der Waals surface area contributed by atoms with Crippen LogP contribution in [0.1, 0.15) is 45.2 Å². The number of nitrogen functional groups attached to an aromatic ring is 1. The predicted octanol–water partition coefficient (Wildman–Crippen LogP) is 0.768. The van der Waals surface area contributed by atoms with E-state index in [0.717, 1.165) is 16.7 Å². The lowest BCUT2D eigenvalue weighted by Crippen LogP contribution is -2.51. The number of hydrogen-bond donors (Lipinski definition) is 5. The zero-order valence-corrected chi connectivity index (χ0v) is 26.5. The Morgan fingerprint density at radius 2 is 1.60 bits per heavy atom. The molecule has 246 valence electrons. The highest BCUT2D eigenvalue weighted by Gasteiger charge is 2.33. The van der Waals surface area contributed by atoms with Crippen molar-refractivity contribution in [1.29, 1.82) is 5.41 Å². The van der Waals surface area contributed by atoms with Crippen molar-refractivity contribution in [2.24, 2.45) is 5.73 Å². The number of rotatable bonds is 8. The van der Waals surface area contributed by atoms with Gasteiger partial charge in [-0.15, -0.1) is 10.2 Å². The van der Waals surface area contributed by atoms with Crippen LogP contribution < -0.4 is 21.1 Å². The minimum Gasteiger partial charge on any atom is -0.384 e. The summed E-state index contributed by atoms with van der Waals surface area (Å²) in [5.74, 6) is -1.79. The standard InChI is InChI=1S/C32H33N11O4S/c33-30(34)25-11-9-21(10-12-25)15-35-31(44)27-14-26-18-42(40-37-26)16-23-7-4-8-24(13-23)17-43-19-28(38-41-43)29(32(45)36-27)39-48(46,47)20-22-5-2-1-3-6-22/h1-13,18-19,27,29,39H,14-17,20H2,(H3,33,34)(H,35,44)(H,36,45)/t27-,29?/m0/s1. The molecule has 2 aromatic heterocycles. The first-order chi connectivity index (χ1) is 23.1. The van der Waals surface area contributed by atoms with E-state index in [9.17, 15) is 18.0 Å². The zero-order valence-electron chi connectivity index (χ0n) is 25.7. The van der Waals surface area contributed by atoms with E-state index >= 15 is 0 Å². The number of carbonyl (C=O) groups is 2. The molecule has 3 aromatic carbocycles. The third kappa shape index (κ3) is 8.15. The number of amides is 2. The second kappa shape index (κ2) is 13.9. The Labute approximate surface area is 276 Å². The lowest BCUT2D eigenvalue weighted by atomic mass is 10.1. The molecule has 16 heteroatoms. The SMILES string of the molecule is N=C(N)c1ccc(CNC(=O)[C@@H]2Cc3cn(nn3)Cc3cccc(c3)Cn3cc(nn3)C(NS(=O)(=O)Cc3ccccc3)C(=O)N2)cc1. The van der Waals surface area contributed by atoms with Crippen LogP contribution in [0.15, 0.2) is 91.3 Å². The van der Waals surface area contributed by atoms with Crippen molar-refractivity contribution < 1.29 is 18.0 Å². The molecule has 1 aliphatic rings. The van der Waals surface area contributed by atoms with E-state index in [2.05, 4.69) is 36.0 Å². The fraction of sp³-hybridized carbons (Fsp3) is 0.219. The fourth-order valence-electron chi connectivity index (χ4n) is 5.28. The van der Waals surface area contributed by atoms with Gasteiger partial charge in [0.1, 0.15) is 23.6 Å². The van der Waals surface area contributed by atoms with Gasteiger partial charge in [-0.3, -0.25) is 15.0 Å². The Bertz CT molecular complexity index is 2040. The van der Waals surface area contributed by atoms with E-state index in [0.29, 0.717) is 29.9 Å². The highest BCUT2D eigenvalue weighted by Crippen LogP contribution is 2.17. The highest BCUT2D eigenvalue weighted by molar-refractivity contribution is 7.88. The van der Waals surface area contributed by atoms with Crippen molar-refractivity contribution >= 4 is 27.7 Å². The van der Waals surface area contributed by atoms with E-state index in [1.54, 1.807) is 65.5 Å². The van der Waals surface area contributed by atoms with Gasteiger partial charge in [-0.2, -0.15) is 4.72 Å². The van der Waals surface area contributed by atoms with Crippen LogP contribution in [0.3, 0.4) is 0 Å². The average Bonchev–Trinajstić information content (AvgIpc) is 3.71. The smallest absolute Gasteiger partial charge is 0.245 e. The predicted molar refractivity (Wildman–Crippen MR) is 175 cm³/mol. The summed E-state index contributed by atoms with van der Waals surface area (Å²) in [5, 5.41) is 29.9. The van der Waals surface area contributed by atoms with Crippen LogP contribution in [0.4, 0.5) is 0 Å². The van der Waals surface area contributed by atoms with Gasteiger partial charge in [-0.25, -0.2) is 17.8 Å². The summed E-state index contributed by atoms with van der Waals surface area (Å²) in [6.45, 7) is 0.856. The molecule has 6 bridgehead atoms. The summed E-state index contributed by atoms with van der Waals surface area (Å²) in [6, 6.07) is 20.5. The zero-order chi connectivity index (χ0) is 33.7. The molecule has 6 rings (SSSR count). The molecule has 48 heavy (non-hydrogen) atoms. The van der Waals surface area contributed by atoms with Crippen molar-refractivity contribution in [2.45, 2.75) is 43.9 Å². The van der Waals surface area contributed by atoms with Crippen molar-refractivity contribution in [3.8, 4) is 0 Å². The van der Waals surface area contributed by atoms with Gasteiger partial charge in [0, 0.05) is 24.7 Å². The van der Waals surface area contributed by atoms with E-state index in [1.165, 1.54) is 10.9 Å². The van der Waals surface area contributed by atoms with Crippen LogP contribution >= 0.6 is 0 Å². The van der Waals surface area contributed by atoms with Crippen molar-refractivity contribution in [2.75, 3.05) is 0 Å². The van der Waals surface area contributed by atoms with Crippen LogP contribution in [0.2, 0.25) is 0 Å². The number of nitrogens with one attached hydrogen (secondary N) is 4. The Balaban J connectivity index is 1.31. The molecule has 5 aromatic rings. The summed E-state index contributed by atoms with van der Waals surface area (Å²) < 4.78 is 32.4. The minimum absolute atomic E-state index is 0.0307. The first kappa shape index (κ1) is 32.2. The topological polar surface area (TPSA) is 216 Å². The molecule has 15 nitrogen and oxygen atoms in total. The number of nitrogens with zero attached hydrogens (tertiary/aromatic N) is 6. The molecule has 2 amide bonds. The van der Waals surface area contributed by atoms with Gasteiger partial charge in [0.2, 0.25) is 21.8 Å². The summed E-state index contributed by atoms with van der Waals surface area (Å²) >= 11 is 0. The molecule has 0 radical (unpaired) electrons. The third-order valence-electron chi connectivity index (χ3n) is 7.66. The molecule has 0 spiro atoms. The molecule has 0 saturated carbocycles. The second-order valence-corrected chi connectivity index (χ2v) is 13.2. The van der Waals surface area contributed by atoms with Gasteiger partial charge in [0.05, 0.1) is 30.7 Å². The number of fused-ring (bicyclic) bond motifs is 6. The van der Waals surface area contributed by atoms with Crippen molar-refractivity contribution in [1.82, 2.24) is 45.3 Å². The summed E-state index contributed by atoms with van der Waals surface area (Å²) in [4.78, 5) is 27.6. The number of benzene rings is 3. The van der Waals surface area contributed by atoms with Gasteiger partial charge in [-0.1, -0.05) is 89.3 Å². The monoisotopic (exact) mass is 667 g/mol. The normalized spacial score (nSPS) is 16.5. The average molecular weight is 668 g/mol. The Kier molecular flexibility index (Phi) is 9.36. The van der Waals surface area contributed by atoms with Crippen molar-refractivity contribution in [3.05, 3.63) is 130 Å². The van der Waals surface area contributed by atoms with E-state index in [1.807, 2.05) is 24.3 Å². The lowest BCUT2D eigenvalue weighted by molar-refractivity contribution is -0.130. The third-order valence-corrected chi connectivity index (χ3v) is 8.96. The van der Waals surface area contributed by atoms with Gasteiger partial charge in [0.15, 0.2) is 0 Å². The highest BCUT2D eigenvalue weighted by atomic mass is 32.2. The van der Waals surface area contributed by atoms with Crippen LogP contribution in [0.25, 0.3) is 0 Å². The molecular weight excluding hydrogens is 634 g/mol. The van der Waals surface area contributed by atoms with E-state index in [4.69, 9.17) is 11.1 Å². The first-order valence-corrected chi connectivity index (χ1v) is 16.7. The molecule has 0 aliphatic carbocycles. The molecule has 0 fully saturated rings. The molecule has 1 aliphatic heterocycles. The van der Waals surface area contributed by atoms with Gasteiger partial charge < -0.3 is 16.4 Å². The minimum atomic E-state index is -4.07. The quantitative estimate of drug-likeness (QED) is 0.117. The lowest BCUT2D eigenvalue weighted by Gasteiger charge is -2.22. The fourth-order valence-corrected chi connectivity index (χ4v) is 6.59. The maximum absolute atomic E-state index is 14.0. The van der Waals surface area contributed by atoms with Crippen LogP contribution in [0.5, 0.6) is 0 Å². The largest absolute Gasteiger partial charge is 0.384 e. The Morgan fingerprint density at radius 3 is 2.31 bits per heavy atom. The van der Waals surface area contributed by atoms with E-state index < -0.39 is 33.9 Å². The van der Waals surface area contributed by atoms with Crippen LogP contribution in [-0.4, -0.2) is 62.1 Å². The summed E-state index contributed by atoms with van der Waals surface area (Å²) in [6.07, 6.45) is 3.18. The second-order valence-electron chi connectivity index (χ2n) is 11.5. The number of hydrogen-bond acceptors (Lipinski definition) is 9. The molecule has 1 unspecified atom stereocenters. The summed E-state index contributed by atoms with van der Waals surface area (Å²) in [7, 11) is -4.07. The van der Waals surface area contributed by atoms with Gasteiger partial charge in [-0.05, 0) is 22.3 Å². The summed E-state index contributed by atoms with van der Waals surface area (Å²) in [5.41, 5.74) is 9.73. The van der Waals surface area contributed by atoms with Crippen LogP contribution in [-0.2, 0) is 51.4 Å². The Hall–Kier alpha value is -5.74. The molecule has 2 atom stereocenters. The van der Waals surface area contributed by atoms with Crippen molar-refractivity contribution in [3.63, 3.8) is 0 Å². The number of aromatic nitrogens is 6. The van der Waals surface area contributed by atoms with E-state index in [-0.39, 0.29) is 30.2 Å². The molecule has 3 heterocycles. The molecule has 0 saturated heterocycles. The molecule has 6 N–H and O–H groups in total. The number of sulfonamides is 1. The van der Waals surface area contributed by atoms with Gasteiger partial charge >= 0.3 is 0 Å². The molecular formula is C32H33N11O4S. The Morgan fingerprint density at radius 1 is 0.917 bits per heavy atom. The van der Waals surface area contributed by atoms with Gasteiger partial charge in [0.25, 0.3) is 0 Å². The number of nitrogens with two attached hydrogens (primary N) is 1. The number of amidine groups is 1.